The highest BCUT2D eigenvalue weighted by atomic mass is 16.2. The molecule has 3 aromatic rings. The number of aromatic nitrogens is 4. The van der Waals surface area contributed by atoms with Crippen molar-refractivity contribution in [1.29, 1.82) is 0 Å². The van der Waals surface area contributed by atoms with Gasteiger partial charge in [0, 0.05) is 25.2 Å². The van der Waals surface area contributed by atoms with E-state index in [1.807, 2.05) is 56.3 Å². The van der Waals surface area contributed by atoms with E-state index in [4.69, 9.17) is 0 Å². The van der Waals surface area contributed by atoms with Crippen LogP contribution < -0.4 is 5.32 Å². The molecule has 8 heteroatoms. The molecule has 0 bridgehead atoms. The predicted molar refractivity (Wildman–Crippen MR) is 107 cm³/mol. The topological polar surface area (TPSA) is 93.0 Å². The molecule has 2 heterocycles. The number of amides is 2. The van der Waals surface area contributed by atoms with E-state index in [1.165, 1.54) is 11.9 Å². The van der Waals surface area contributed by atoms with Crippen LogP contribution in [0.3, 0.4) is 0 Å². The van der Waals surface area contributed by atoms with E-state index >= 15 is 0 Å². The Balaban J connectivity index is 1.39. The molecule has 1 saturated heterocycles. The molecule has 1 atom stereocenters. The number of carbonyl (C=O) groups is 2. The number of nitrogens with one attached hydrogen (secondary N) is 1. The maximum Gasteiger partial charge on any atom is 0.229 e. The highest BCUT2D eigenvalue weighted by molar-refractivity contribution is 5.97. The Bertz CT molecular complexity index is 1030. The van der Waals surface area contributed by atoms with Crippen LogP contribution in [0.4, 0.5) is 5.69 Å². The Morgan fingerprint density at radius 1 is 1.17 bits per heavy atom. The molecule has 4 rings (SSSR count). The molecule has 148 valence electrons. The summed E-state index contributed by atoms with van der Waals surface area (Å²) in [4.78, 5) is 26.8. The lowest BCUT2D eigenvalue weighted by Crippen LogP contribution is -2.28. The third-order valence-corrected chi connectivity index (χ3v) is 5.14. The van der Waals surface area contributed by atoms with Crippen molar-refractivity contribution in [3.05, 3.63) is 65.5 Å². The summed E-state index contributed by atoms with van der Waals surface area (Å²) < 4.78 is 1.57. The van der Waals surface area contributed by atoms with Gasteiger partial charge in [0.25, 0.3) is 0 Å². The fraction of sp³-hybridized carbons (Fsp3) is 0.286. The van der Waals surface area contributed by atoms with Gasteiger partial charge in [0.15, 0.2) is 0 Å². The first-order valence-corrected chi connectivity index (χ1v) is 9.48. The highest BCUT2D eigenvalue weighted by Crippen LogP contribution is 2.23. The van der Waals surface area contributed by atoms with Crippen LogP contribution in [0.1, 0.15) is 23.1 Å². The van der Waals surface area contributed by atoms with Crippen LogP contribution >= 0.6 is 0 Å². The molecule has 0 saturated carbocycles. The van der Waals surface area contributed by atoms with Gasteiger partial charge in [-0.15, -0.1) is 5.10 Å². The van der Waals surface area contributed by atoms with Gasteiger partial charge in [-0.25, -0.2) is 4.68 Å². The van der Waals surface area contributed by atoms with Crippen molar-refractivity contribution >= 4 is 17.5 Å². The summed E-state index contributed by atoms with van der Waals surface area (Å²) in [5, 5.41) is 14.1. The molecule has 1 N–H and O–H groups in total. The minimum absolute atomic E-state index is 0.0101. The van der Waals surface area contributed by atoms with Crippen molar-refractivity contribution in [2.45, 2.75) is 26.8 Å². The number of anilines is 1. The second kappa shape index (κ2) is 7.83. The number of hydrogen-bond donors (Lipinski definition) is 1. The van der Waals surface area contributed by atoms with Crippen LogP contribution in [0, 0.1) is 19.8 Å². The predicted octanol–water partition coefficient (Wildman–Crippen LogP) is 2.27. The number of likely N-dealkylation sites (tertiary alicyclic amines) is 1. The maximum atomic E-state index is 12.7. The molecule has 0 aliphatic carbocycles. The van der Waals surface area contributed by atoms with Crippen LogP contribution in [-0.2, 0) is 16.1 Å². The third-order valence-electron chi connectivity index (χ3n) is 5.14. The third kappa shape index (κ3) is 4.16. The Morgan fingerprint density at radius 2 is 1.97 bits per heavy atom. The summed E-state index contributed by atoms with van der Waals surface area (Å²) in [5.74, 6) is -0.484. The standard InChI is InChI=1S/C21H22N6O2/c1-14-3-5-16(6-4-14)11-26-12-17(10-20(26)28)21(29)23-18-7-8-19(15(2)9-18)27-13-22-24-25-27/h3-9,13,17H,10-12H2,1-2H3,(H,23,29). The summed E-state index contributed by atoms with van der Waals surface area (Å²) in [7, 11) is 0. The Kier molecular flexibility index (Phi) is 5.07. The van der Waals surface area contributed by atoms with Gasteiger partial charge in [-0.2, -0.15) is 0 Å². The molecule has 1 fully saturated rings. The number of carbonyl (C=O) groups excluding carboxylic acids is 2. The molecule has 1 aliphatic heterocycles. The summed E-state index contributed by atoms with van der Waals surface area (Å²) in [5.41, 5.74) is 4.71. The Morgan fingerprint density at radius 3 is 2.66 bits per heavy atom. The van der Waals surface area contributed by atoms with Gasteiger partial charge < -0.3 is 10.2 Å². The smallest absolute Gasteiger partial charge is 0.229 e. The fourth-order valence-corrected chi connectivity index (χ4v) is 3.52. The van der Waals surface area contributed by atoms with Gasteiger partial charge in [-0.1, -0.05) is 29.8 Å². The zero-order chi connectivity index (χ0) is 20.4. The van der Waals surface area contributed by atoms with Gasteiger partial charge in [-0.05, 0) is 53.6 Å². The molecule has 0 radical (unpaired) electrons. The lowest BCUT2D eigenvalue weighted by atomic mass is 10.1. The largest absolute Gasteiger partial charge is 0.338 e. The minimum Gasteiger partial charge on any atom is -0.338 e. The van der Waals surface area contributed by atoms with Crippen LogP contribution in [-0.4, -0.2) is 43.5 Å². The molecule has 1 unspecified atom stereocenters. The normalized spacial score (nSPS) is 16.3. The first-order valence-electron chi connectivity index (χ1n) is 9.48. The summed E-state index contributed by atoms with van der Waals surface area (Å²) >= 11 is 0. The number of hydrogen-bond acceptors (Lipinski definition) is 5. The number of rotatable bonds is 5. The zero-order valence-electron chi connectivity index (χ0n) is 16.4. The van der Waals surface area contributed by atoms with Crippen LogP contribution in [0.2, 0.25) is 0 Å². The van der Waals surface area contributed by atoms with Gasteiger partial charge >= 0.3 is 0 Å². The maximum absolute atomic E-state index is 12.7. The van der Waals surface area contributed by atoms with Crippen LogP contribution in [0.25, 0.3) is 5.69 Å². The first kappa shape index (κ1) is 18.8. The molecule has 1 aromatic heterocycles. The van der Waals surface area contributed by atoms with Crippen LogP contribution in [0.15, 0.2) is 48.8 Å². The molecule has 0 spiro atoms. The fourth-order valence-electron chi connectivity index (χ4n) is 3.52. The molecule has 2 amide bonds. The van der Waals surface area contributed by atoms with Crippen molar-refractivity contribution in [3.63, 3.8) is 0 Å². The molecule has 8 nitrogen and oxygen atoms in total. The zero-order valence-corrected chi connectivity index (χ0v) is 16.4. The number of benzene rings is 2. The molecule has 2 aromatic carbocycles. The first-order chi connectivity index (χ1) is 14.0. The van der Waals surface area contributed by atoms with Gasteiger partial charge in [-0.3, -0.25) is 9.59 Å². The molecule has 29 heavy (non-hydrogen) atoms. The van der Waals surface area contributed by atoms with Crippen molar-refractivity contribution in [3.8, 4) is 5.69 Å². The summed E-state index contributed by atoms with van der Waals surface area (Å²) in [6, 6.07) is 13.6. The number of tetrazole rings is 1. The van der Waals surface area contributed by atoms with Crippen molar-refractivity contribution < 1.29 is 9.59 Å². The van der Waals surface area contributed by atoms with E-state index in [9.17, 15) is 9.59 Å². The number of aryl methyl sites for hydroxylation is 2. The van der Waals surface area contributed by atoms with Gasteiger partial charge in [0.05, 0.1) is 11.6 Å². The Labute approximate surface area is 168 Å². The van der Waals surface area contributed by atoms with E-state index < -0.39 is 0 Å². The molecule has 1 aliphatic rings. The minimum atomic E-state index is -0.354. The molecular weight excluding hydrogens is 368 g/mol. The monoisotopic (exact) mass is 390 g/mol. The quantitative estimate of drug-likeness (QED) is 0.721. The van der Waals surface area contributed by atoms with E-state index in [1.54, 1.807) is 9.58 Å². The van der Waals surface area contributed by atoms with E-state index in [0.29, 0.717) is 18.8 Å². The second-order valence-corrected chi connectivity index (χ2v) is 7.41. The lowest BCUT2D eigenvalue weighted by molar-refractivity contribution is -0.128. The van der Waals surface area contributed by atoms with Crippen molar-refractivity contribution in [2.24, 2.45) is 5.92 Å². The Hall–Kier alpha value is -3.55. The van der Waals surface area contributed by atoms with E-state index in [2.05, 4.69) is 20.8 Å². The SMILES string of the molecule is Cc1ccc(CN2CC(C(=O)Nc3ccc(-n4cnnn4)c(C)c3)CC2=O)cc1. The second-order valence-electron chi connectivity index (χ2n) is 7.41. The van der Waals surface area contributed by atoms with Crippen molar-refractivity contribution in [2.75, 3.05) is 11.9 Å². The molecular formula is C21H22N6O2. The van der Waals surface area contributed by atoms with Gasteiger partial charge in [0.2, 0.25) is 11.8 Å². The lowest BCUT2D eigenvalue weighted by Gasteiger charge is -2.17. The average molecular weight is 390 g/mol. The van der Waals surface area contributed by atoms with Crippen molar-refractivity contribution in [1.82, 2.24) is 25.1 Å². The van der Waals surface area contributed by atoms with E-state index in [0.717, 1.165) is 16.8 Å². The van der Waals surface area contributed by atoms with Gasteiger partial charge in [0.1, 0.15) is 6.33 Å². The highest BCUT2D eigenvalue weighted by Gasteiger charge is 2.34. The van der Waals surface area contributed by atoms with E-state index in [-0.39, 0.29) is 24.2 Å². The van der Waals surface area contributed by atoms with Crippen LogP contribution in [0.5, 0.6) is 0 Å². The summed E-state index contributed by atoms with van der Waals surface area (Å²) in [6.45, 7) is 4.92. The summed E-state index contributed by atoms with van der Waals surface area (Å²) in [6.07, 6.45) is 1.76. The average Bonchev–Trinajstić information content (AvgIpc) is 3.34. The number of nitrogens with zero attached hydrogens (tertiary/aromatic N) is 5.